The molecule has 1 unspecified atom stereocenters. The summed E-state index contributed by atoms with van der Waals surface area (Å²) >= 11 is 6.30. The summed E-state index contributed by atoms with van der Waals surface area (Å²) in [5.74, 6) is 0.482. The number of amides is 2. The normalized spacial score (nSPS) is 11.7. The first kappa shape index (κ1) is 23.4. The van der Waals surface area contributed by atoms with Crippen molar-refractivity contribution in [1.29, 1.82) is 0 Å². The summed E-state index contributed by atoms with van der Waals surface area (Å²) in [7, 11) is 1.82. The van der Waals surface area contributed by atoms with Crippen molar-refractivity contribution >= 4 is 57.0 Å². The van der Waals surface area contributed by atoms with E-state index in [9.17, 15) is 9.59 Å². The molecule has 0 radical (unpaired) electrons. The number of anilines is 1. The molecule has 10 heteroatoms. The molecule has 0 saturated heterocycles. The van der Waals surface area contributed by atoms with Crippen molar-refractivity contribution in [3.63, 3.8) is 0 Å². The molecular formula is C21H22BrN5O2S2. The van der Waals surface area contributed by atoms with E-state index in [0.29, 0.717) is 16.5 Å². The largest absolute Gasteiger partial charge is 0.342 e. The Hall–Kier alpha value is -2.30. The number of rotatable bonds is 8. The molecule has 0 spiro atoms. The van der Waals surface area contributed by atoms with Crippen LogP contribution in [0.1, 0.15) is 29.1 Å². The predicted octanol–water partition coefficient (Wildman–Crippen LogP) is 4.52. The van der Waals surface area contributed by atoms with E-state index in [2.05, 4.69) is 36.8 Å². The molecule has 1 atom stereocenters. The van der Waals surface area contributed by atoms with Crippen molar-refractivity contribution in [2.45, 2.75) is 23.0 Å². The number of nitrogens with zero attached hydrogens (tertiary/aromatic N) is 3. The van der Waals surface area contributed by atoms with Crippen molar-refractivity contribution in [2.75, 3.05) is 17.3 Å². The highest BCUT2D eigenvalue weighted by molar-refractivity contribution is 9.10. The van der Waals surface area contributed by atoms with E-state index >= 15 is 0 Å². The van der Waals surface area contributed by atoms with Crippen LogP contribution < -0.4 is 10.6 Å². The average molecular weight is 520 g/mol. The third kappa shape index (κ3) is 6.11. The standard InChI is InChI=1S/C21H22BrN5O2S2/c1-13(23-20(29)16-9-4-5-10-17(16)22)19-25-26-21(27(19)2)31-12-18(28)24-14-7-6-8-15(11-14)30-3/h4-11,13H,12H2,1-3H3,(H,23,29)(H,24,28). The fourth-order valence-corrected chi connectivity index (χ4v) is 4.48. The second-order valence-electron chi connectivity index (χ2n) is 6.64. The maximum atomic E-state index is 12.5. The van der Waals surface area contributed by atoms with Gasteiger partial charge < -0.3 is 15.2 Å². The molecule has 2 aromatic carbocycles. The molecule has 1 heterocycles. The minimum absolute atomic E-state index is 0.122. The molecular weight excluding hydrogens is 498 g/mol. The lowest BCUT2D eigenvalue weighted by molar-refractivity contribution is -0.113. The van der Waals surface area contributed by atoms with E-state index in [0.717, 1.165) is 15.1 Å². The number of nitrogens with one attached hydrogen (secondary N) is 2. The minimum atomic E-state index is -0.352. The zero-order valence-corrected chi connectivity index (χ0v) is 20.5. The number of carbonyl (C=O) groups excluding carboxylic acids is 2. The monoisotopic (exact) mass is 519 g/mol. The van der Waals surface area contributed by atoms with Gasteiger partial charge in [0.15, 0.2) is 11.0 Å². The number of carbonyl (C=O) groups is 2. The molecule has 162 valence electrons. The van der Waals surface area contributed by atoms with E-state index in [-0.39, 0.29) is 23.6 Å². The zero-order chi connectivity index (χ0) is 22.4. The van der Waals surface area contributed by atoms with Crippen molar-refractivity contribution in [3.8, 4) is 0 Å². The highest BCUT2D eigenvalue weighted by Gasteiger charge is 2.20. The van der Waals surface area contributed by atoms with Gasteiger partial charge >= 0.3 is 0 Å². The maximum Gasteiger partial charge on any atom is 0.253 e. The topological polar surface area (TPSA) is 88.9 Å². The Kier molecular flexibility index (Phi) is 8.16. The van der Waals surface area contributed by atoms with E-state index in [1.807, 2.05) is 62.7 Å². The average Bonchev–Trinajstić information content (AvgIpc) is 3.13. The van der Waals surface area contributed by atoms with Crippen molar-refractivity contribution in [2.24, 2.45) is 7.05 Å². The van der Waals surface area contributed by atoms with Crippen LogP contribution in [0.2, 0.25) is 0 Å². The van der Waals surface area contributed by atoms with Gasteiger partial charge in [0.25, 0.3) is 5.91 Å². The van der Waals surface area contributed by atoms with Gasteiger partial charge in [-0.25, -0.2) is 0 Å². The molecule has 2 amide bonds. The number of hydrogen-bond acceptors (Lipinski definition) is 6. The van der Waals surface area contributed by atoms with Gasteiger partial charge in [-0.1, -0.05) is 30.0 Å². The molecule has 2 N–H and O–H groups in total. The SMILES string of the molecule is CSc1cccc(NC(=O)CSc2nnc(C(C)NC(=O)c3ccccc3Br)n2C)c1. The molecule has 3 aromatic rings. The van der Waals surface area contributed by atoms with Gasteiger partial charge in [0, 0.05) is 22.1 Å². The van der Waals surface area contributed by atoms with Gasteiger partial charge in [0.05, 0.1) is 17.4 Å². The van der Waals surface area contributed by atoms with Gasteiger partial charge in [-0.3, -0.25) is 9.59 Å². The van der Waals surface area contributed by atoms with Crippen LogP contribution in [0, 0.1) is 0 Å². The van der Waals surface area contributed by atoms with Crippen molar-refractivity contribution in [1.82, 2.24) is 20.1 Å². The fourth-order valence-electron chi connectivity index (χ4n) is 2.84. The first-order valence-electron chi connectivity index (χ1n) is 9.40. The van der Waals surface area contributed by atoms with Crippen LogP contribution in [-0.2, 0) is 11.8 Å². The van der Waals surface area contributed by atoms with Gasteiger partial charge in [-0.05, 0) is 59.4 Å². The summed E-state index contributed by atoms with van der Waals surface area (Å²) in [4.78, 5) is 25.9. The quantitative estimate of drug-likeness (QED) is 0.425. The minimum Gasteiger partial charge on any atom is -0.342 e. The number of halogens is 1. The van der Waals surface area contributed by atoms with Crippen LogP contribution in [-0.4, -0.2) is 38.6 Å². The van der Waals surface area contributed by atoms with E-state index < -0.39 is 0 Å². The van der Waals surface area contributed by atoms with E-state index in [4.69, 9.17) is 0 Å². The van der Waals surface area contributed by atoms with Crippen LogP contribution in [0.5, 0.6) is 0 Å². The number of thioether (sulfide) groups is 2. The molecule has 0 bridgehead atoms. The molecule has 0 fully saturated rings. The molecule has 0 aliphatic heterocycles. The van der Waals surface area contributed by atoms with Crippen LogP contribution >= 0.6 is 39.5 Å². The van der Waals surface area contributed by atoms with Gasteiger partial charge in [-0.15, -0.1) is 22.0 Å². The zero-order valence-electron chi connectivity index (χ0n) is 17.3. The highest BCUT2D eigenvalue weighted by Crippen LogP contribution is 2.22. The second kappa shape index (κ2) is 10.8. The number of aromatic nitrogens is 3. The number of benzene rings is 2. The molecule has 1 aromatic heterocycles. The highest BCUT2D eigenvalue weighted by atomic mass is 79.9. The Balaban J connectivity index is 1.58. The first-order valence-corrected chi connectivity index (χ1v) is 12.4. The smallest absolute Gasteiger partial charge is 0.253 e. The molecule has 0 saturated carbocycles. The van der Waals surface area contributed by atoms with E-state index in [1.165, 1.54) is 11.8 Å². The molecule has 7 nitrogen and oxygen atoms in total. The Bertz CT molecular complexity index is 1090. The van der Waals surface area contributed by atoms with E-state index in [1.54, 1.807) is 22.4 Å². The Morgan fingerprint density at radius 2 is 1.94 bits per heavy atom. The Labute approximate surface area is 197 Å². The molecule has 3 rings (SSSR count). The van der Waals surface area contributed by atoms with Crippen LogP contribution in [0.25, 0.3) is 0 Å². The summed E-state index contributed by atoms with van der Waals surface area (Å²) in [5.41, 5.74) is 1.31. The van der Waals surface area contributed by atoms with Gasteiger partial charge in [-0.2, -0.15) is 0 Å². The lowest BCUT2D eigenvalue weighted by Gasteiger charge is -2.14. The lowest BCUT2D eigenvalue weighted by atomic mass is 10.2. The lowest BCUT2D eigenvalue weighted by Crippen LogP contribution is -2.28. The molecule has 0 aliphatic carbocycles. The Morgan fingerprint density at radius 1 is 1.16 bits per heavy atom. The maximum absolute atomic E-state index is 12.5. The van der Waals surface area contributed by atoms with Crippen molar-refractivity contribution < 1.29 is 9.59 Å². The summed E-state index contributed by atoms with van der Waals surface area (Å²) in [6.45, 7) is 1.85. The second-order valence-corrected chi connectivity index (χ2v) is 9.32. The van der Waals surface area contributed by atoms with Crippen molar-refractivity contribution in [3.05, 3.63) is 64.4 Å². The third-order valence-corrected chi connectivity index (χ3v) is 6.84. The van der Waals surface area contributed by atoms with Crippen LogP contribution in [0.3, 0.4) is 0 Å². The van der Waals surface area contributed by atoms with Crippen LogP contribution in [0.4, 0.5) is 5.69 Å². The number of hydrogen-bond donors (Lipinski definition) is 2. The fraction of sp³-hybridized carbons (Fsp3) is 0.238. The molecule has 31 heavy (non-hydrogen) atoms. The van der Waals surface area contributed by atoms with Crippen LogP contribution in [0.15, 0.2) is 63.1 Å². The van der Waals surface area contributed by atoms with Gasteiger partial charge in [0.2, 0.25) is 5.91 Å². The summed E-state index contributed by atoms with van der Waals surface area (Å²) in [5, 5.41) is 14.8. The molecule has 0 aliphatic rings. The third-order valence-electron chi connectivity index (χ3n) is 4.41. The summed E-state index contributed by atoms with van der Waals surface area (Å²) in [6.07, 6.45) is 1.99. The first-order chi connectivity index (χ1) is 14.9. The van der Waals surface area contributed by atoms with Gasteiger partial charge in [0.1, 0.15) is 0 Å². The summed E-state index contributed by atoms with van der Waals surface area (Å²) in [6, 6.07) is 14.6. The summed E-state index contributed by atoms with van der Waals surface area (Å²) < 4.78 is 2.51. The predicted molar refractivity (Wildman–Crippen MR) is 129 cm³/mol. The Morgan fingerprint density at radius 3 is 2.68 bits per heavy atom.